The quantitative estimate of drug-likeness (QED) is 0.397. The molecular formula is C28H38O2. The van der Waals surface area contributed by atoms with Gasteiger partial charge in [-0.05, 0) is 92.1 Å². The first kappa shape index (κ1) is 20.3. The average Bonchev–Trinajstić information content (AvgIpc) is 3.09. The summed E-state index contributed by atoms with van der Waals surface area (Å²) in [5.74, 6) is 3.30. The molecule has 5 rings (SSSR count). The van der Waals surface area contributed by atoms with Crippen LogP contribution < -0.4 is 0 Å². The molecule has 2 heteroatoms. The van der Waals surface area contributed by atoms with Crippen LogP contribution in [0, 0.1) is 34.5 Å². The van der Waals surface area contributed by atoms with Gasteiger partial charge in [-0.2, -0.15) is 0 Å². The number of benzene rings is 1. The summed E-state index contributed by atoms with van der Waals surface area (Å²) in [4.78, 5) is 12.6. The molecule has 0 spiro atoms. The van der Waals surface area contributed by atoms with Gasteiger partial charge in [0.25, 0.3) is 0 Å². The molecular weight excluding hydrogens is 368 g/mol. The molecule has 0 aromatic heterocycles. The van der Waals surface area contributed by atoms with Crippen LogP contribution in [-0.4, -0.2) is 12.1 Å². The van der Waals surface area contributed by atoms with E-state index in [9.17, 15) is 4.79 Å². The Morgan fingerprint density at radius 2 is 1.70 bits per heavy atom. The van der Waals surface area contributed by atoms with E-state index in [2.05, 4.69) is 13.8 Å². The lowest BCUT2D eigenvalue weighted by Gasteiger charge is -2.60. The number of hydrogen-bond donors (Lipinski definition) is 0. The van der Waals surface area contributed by atoms with E-state index in [0.29, 0.717) is 5.41 Å². The van der Waals surface area contributed by atoms with Gasteiger partial charge in [0.15, 0.2) is 0 Å². The minimum Gasteiger partial charge on any atom is -0.459 e. The molecule has 0 amide bonds. The molecule has 4 saturated carbocycles. The minimum absolute atomic E-state index is 0.0910. The molecule has 2 nitrogen and oxygen atoms in total. The van der Waals surface area contributed by atoms with Gasteiger partial charge in [0.1, 0.15) is 6.10 Å². The zero-order valence-electron chi connectivity index (χ0n) is 18.8. The van der Waals surface area contributed by atoms with Gasteiger partial charge in [-0.15, -0.1) is 0 Å². The van der Waals surface area contributed by atoms with E-state index in [4.69, 9.17) is 4.74 Å². The summed E-state index contributed by atoms with van der Waals surface area (Å²) < 4.78 is 6.09. The van der Waals surface area contributed by atoms with E-state index in [0.717, 1.165) is 35.7 Å². The Hall–Kier alpha value is -1.57. The number of carbonyl (C=O) groups excluding carboxylic acids is 1. The second-order valence-corrected chi connectivity index (χ2v) is 11.2. The monoisotopic (exact) mass is 406 g/mol. The summed E-state index contributed by atoms with van der Waals surface area (Å²) in [6.07, 6.45) is 17.1. The van der Waals surface area contributed by atoms with Crippen LogP contribution in [0.3, 0.4) is 0 Å². The lowest BCUT2D eigenvalue weighted by Crippen LogP contribution is -2.53. The third-order valence-corrected chi connectivity index (χ3v) is 9.97. The predicted molar refractivity (Wildman–Crippen MR) is 122 cm³/mol. The normalized spacial score (nSPS) is 42.9. The number of rotatable bonds is 3. The first-order chi connectivity index (χ1) is 14.5. The Morgan fingerprint density at radius 3 is 2.53 bits per heavy atom. The molecule has 0 heterocycles. The Morgan fingerprint density at radius 1 is 0.900 bits per heavy atom. The standard InChI is InChI=1S/C28H38O2/c1-27-18-7-6-10-21(27)12-13-22-23-14-15-25(28(23,2)19-17-24(22)27)30-26(29)16-11-20-8-4-3-5-9-20/h3-5,8-9,11,16,21-25H,6-7,10,12-15,17-19H2,1-2H3/b16-11+/t21-,22-,23-,24-,25+,27+,28+/m1/s1. The SMILES string of the molecule is C[C@]12CCCC[C@@H]1CC[C@H]1[C@H]2CC[C@]2(C)[C@@H](OC(=O)/C=C/c3ccccc3)CC[C@H]12. The largest absolute Gasteiger partial charge is 0.459 e. The fourth-order valence-corrected chi connectivity index (χ4v) is 8.35. The van der Waals surface area contributed by atoms with Gasteiger partial charge in [0.05, 0.1) is 0 Å². The van der Waals surface area contributed by atoms with E-state index < -0.39 is 0 Å². The molecule has 162 valence electrons. The second kappa shape index (κ2) is 7.84. The summed E-state index contributed by atoms with van der Waals surface area (Å²) in [7, 11) is 0. The highest BCUT2D eigenvalue weighted by molar-refractivity contribution is 5.87. The van der Waals surface area contributed by atoms with Crippen molar-refractivity contribution in [1.82, 2.24) is 0 Å². The van der Waals surface area contributed by atoms with E-state index in [1.54, 1.807) is 6.08 Å². The molecule has 1 aromatic carbocycles. The lowest BCUT2D eigenvalue weighted by molar-refractivity contribution is -0.158. The van der Waals surface area contributed by atoms with Crippen molar-refractivity contribution < 1.29 is 9.53 Å². The molecule has 1 aromatic rings. The molecule has 0 aliphatic heterocycles. The summed E-state index contributed by atoms with van der Waals surface area (Å²) in [6, 6.07) is 10.0. The highest BCUT2D eigenvalue weighted by Gasteiger charge is 2.60. The van der Waals surface area contributed by atoms with Crippen LogP contribution in [0.25, 0.3) is 6.08 Å². The molecule has 0 saturated heterocycles. The van der Waals surface area contributed by atoms with Crippen molar-refractivity contribution in [1.29, 1.82) is 0 Å². The van der Waals surface area contributed by atoms with Gasteiger partial charge in [0.2, 0.25) is 0 Å². The van der Waals surface area contributed by atoms with E-state index in [1.165, 1.54) is 57.8 Å². The highest BCUT2D eigenvalue weighted by atomic mass is 16.5. The van der Waals surface area contributed by atoms with Crippen LogP contribution in [0.1, 0.15) is 83.6 Å². The van der Waals surface area contributed by atoms with Crippen molar-refractivity contribution in [2.24, 2.45) is 34.5 Å². The second-order valence-electron chi connectivity index (χ2n) is 11.2. The lowest BCUT2D eigenvalue weighted by atomic mass is 9.45. The number of fused-ring (bicyclic) bond motifs is 5. The van der Waals surface area contributed by atoms with Gasteiger partial charge in [0, 0.05) is 11.5 Å². The number of hydrogen-bond acceptors (Lipinski definition) is 2. The molecule has 0 radical (unpaired) electrons. The first-order valence-corrected chi connectivity index (χ1v) is 12.4. The predicted octanol–water partition coefficient (Wildman–Crippen LogP) is 7.04. The number of carbonyl (C=O) groups is 1. The third kappa shape index (κ3) is 3.35. The van der Waals surface area contributed by atoms with Crippen LogP contribution in [-0.2, 0) is 9.53 Å². The van der Waals surface area contributed by atoms with Crippen molar-refractivity contribution in [3.8, 4) is 0 Å². The maximum absolute atomic E-state index is 12.6. The molecule has 0 N–H and O–H groups in total. The zero-order chi connectivity index (χ0) is 20.8. The van der Waals surface area contributed by atoms with Crippen molar-refractivity contribution in [2.75, 3.05) is 0 Å². The third-order valence-electron chi connectivity index (χ3n) is 9.97. The summed E-state index contributed by atoms with van der Waals surface area (Å²) in [6.45, 7) is 5.08. The van der Waals surface area contributed by atoms with Crippen LogP contribution >= 0.6 is 0 Å². The molecule has 0 unspecified atom stereocenters. The zero-order valence-corrected chi connectivity index (χ0v) is 18.8. The van der Waals surface area contributed by atoms with Crippen molar-refractivity contribution >= 4 is 12.0 Å². The van der Waals surface area contributed by atoms with E-state index in [1.807, 2.05) is 36.4 Å². The van der Waals surface area contributed by atoms with Crippen molar-refractivity contribution in [3.63, 3.8) is 0 Å². The van der Waals surface area contributed by atoms with Gasteiger partial charge in [-0.3, -0.25) is 0 Å². The van der Waals surface area contributed by atoms with E-state index in [-0.39, 0.29) is 17.5 Å². The Balaban J connectivity index is 1.28. The fraction of sp³-hybridized carbons (Fsp3) is 0.679. The number of ether oxygens (including phenoxy) is 1. The Bertz CT molecular complexity index is 798. The summed E-state index contributed by atoms with van der Waals surface area (Å²) >= 11 is 0. The molecule has 4 aliphatic carbocycles. The van der Waals surface area contributed by atoms with Gasteiger partial charge >= 0.3 is 5.97 Å². The van der Waals surface area contributed by atoms with Gasteiger partial charge < -0.3 is 4.74 Å². The summed E-state index contributed by atoms with van der Waals surface area (Å²) in [5, 5.41) is 0. The summed E-state index contributed by atoms with van der Waals surface area (Å²) in [5.41, 5.74) is 1.80. The fourth-order valence-electron chi connectivity index (χ4n) is 8.35. The maximum atomic E-state index is 12.6. The Labute approximate surface area is 182 Å². The highest BCUT2D eigenvalue weighted by Crippen LogP contribution is 2.66. The molecule has 4 aliphatic rings. The van der Waals surface area contributed by atoms with Crippen LogP contribution in [0.2, 0.25) is 0 Å². The Kier molecular flexibility index (Phi) is 5.32. The van der Waals surface area contributed by atoms with Gasteiger partial charge in [-0.25, -0.2) is 4.79 Å². The van der Waals surface area contributed by atoms with E-state index >= 15 is 0 Å². The molecule has 7 atom stereocenters. The van der Waals surface area contributed by atoms with Crippen molar-refractivity contribution in [2.45, 2.75) is 84.2 Å². The smallest absolute Gasteiger partial charge is 0.331 e. The topological polar surface area (TPSA) is 26.3 Å². The van der Waals surface area contributed by atoms with Crippen LogP contribution in [0.15, 0.2) is 36.4 Å². The van der Waals surface area contributed by atoms with Crippen molar-refractivity contribution in [3.05, 3.63) is 42.0 Å². The first-order valence-electron chi connectivity index (χ1n) is 12.4. The van der Waals surface area contributed by atoms with Gasteiger partial charge in [-0.1, -0.05) is 57.0 Å². The molecule has 0 bridgehead atoms. The molecule has 4 fully saturated rings. The average molecular weight is 407 g/mol. The minimum atomic E-state index is -0.171. The maximum Gasteiger partial charge on any atom is 0.331 e. The number of esters is 1. The molecule has 30 heavy (non-hydrogen) atoms. The van der Waals surface area contributed by atoms with Crippen LogP contribution in [0.5, 0.6) is 0 Å². The van der Waals surface area contributed by atoms with Crippen LogP contribution in [0.4, 0.5) is 0 Å².